The predicted octanol–water partition coefficient (Wildman–Crippen LogP) is 4.75. The van der Waals surface area contributed by atoms with E-state index in [4.69, 9.17) is 0 Å². The fraction of sp³-hybridized carbons (Fsp3) is 0.130. The number of carbonyl (C=O) groups excluding carboxylic acids is 2. The van der Waals surface area contributed by atoms with Crippen molar-refractivity contribution >= 4 is 34.5 Å². The number of anilines is 3. The highest BCUT2D eigenvalue weighted by atomic mass is 19.4. The molecule has 4 aromatic rings. The van der Waals surface area contributed by atoms with E-state index in [1.165, 1.54) is 30.2 Å². The van der Waals surface area contributed by atoms with Gasteiger partial charge in [-0.15, -0.1) is 0 Å². The average molecular weight is 471 g/mol. The van der Waals surface area contributed by atoms with Gasteiger partial charge in [-0.1, -0.05) is 12.1 Å². The highest BCUT2D eigenvalue weighted by molar-refractivity contribution is 5.99. The molecule has 0 bridgehead atoms. The van der Waals surface area contributed by atoms with Gasteiger partial charge in [-0.2, -0.15) is 18.3 Å². The van der Waals surface area contributed by atoms with Gasteiger partial charge in [0.1, 0.15) is 11.6 Å². The number of aromatic nitrogens is 3. The summed E-state index contributed by atoms with van der Waals surface area (Å²) in [6.45, 7) is 1.34. The van der Waals surface area contributed by atoms with E-state index in [1.54, 1.807) is 35.1 Å². The first-order valence-electron chi connectivity index (χ1n) is 9.98. The van der Waals surface area contributed by atoms with Crippen molar-refractivity contribution in [3.8, 4) is 0 Å². The summed E-state index contributed by atoms with van der Waals surface area (Å²) in [6, 6.07) is 10.8. The molecule has 1 N–H and O–H groups in total. The smallest absolute Gasteiger partial charge is 0.326 e. The lowest BCUT2D eigenvalue weighted by Crippen LogP contribution is -2.24. The van der Waals surface area contributed by atoms with Crippen LogP contribution >= 0.6 is 0 Å². The van der Waals surface area contributed by atoms with Crippen LogP contribution in [0.2, 0.25) is 0 Å². The molecule has 0 aliphatic carbocycles. The van der Waals surface area contributed by atoms with Gasteiger partial charge in [0, 0.05) is 37.3 Å². The second-order valence-corrected chi connectivity index (χ2v) is 7.34. The van der Waals surface area contributed by atoms with Gasteiger partial charge in [-0.05, 0) is 35.9 Å². The second kappa shape index (κ2) is 8.93. The van der Waals surface area contributed by atoms with Crippen LogP contribution in [0.4, 0.5) is 34.8 Å². The molecule has 0 saturated heterocycles. The van der Waals surface area contributed by atoms with E-state index in [0.717, 1.165) is 17.6 Å². The molecule has 34 heavy (non-hydrogen) atoms. The molecule has 0 atom stereocenters. The molecule has 0 aliphatic heterocycles. The lowest BCUT2D eigenvalue weighted by Gasteiger charge is -2.21. The molecule has 3 heterocycles. The van der Waals surface area contributed by atoms with E-state index in [9.17, 15) is 27.2 Å². The van der Waals surface area contributed by atoms with Crippen LogP contribution in [-0.2, 0) is 22.2 Å². The molecule has 4 rings (SSSR count). The van der Waals surface area contributed by atoms with Crippen molar-refractivity contribution in [2.24, 2.45) is 0 Å². The van der Waals surface area contributed by atoms with E-state index < -0.39 is 35.4 Å². The zero-order chi connectivity index (χ0) is 24.5. The molecule has 1 aromatic carbocycles. The van der Waals surface area contributed by atoms with Crippen molar-refractivity contribution in [2.75, 3.05) is 10.2 Å². The van der Waals surface area contributed by atoms with E-state index in [0.29, 0.717) is 11.8 Å². The van der Waals surface area contributed by atoms with E-state index in [-0.39, 0.29) is 17.4 Å². The number of alkyl halides is 3. The first kappa shape index (κ1) is 22.9. The highest BCUT2D eigenvalue weighted by Crippen LogP contribution is 2.34. The van der Waals surface area contributed by atoms with Gasteiger partial charge in [0.25, 0.3) is 0 Å². The van der Waals surface area contributed by atoms with Gasteiger partial charge in [0.05, 0.1) is 23.2 Å². The van der Waals surface area contributed by atoms with Gasteiger partial charge >= 0.3 is 6.18 Å². The SMILES string of the molecule is CC(=O)N(c1ccn2nccc2c1)c1cc(NC(=O)Cc2cccc(F)c2C(F)(F)F)ccn1. The first-order valence-corrected chi connectivity index (χ1v) is 9.98. The third kappa shape index (κ3) is 4.72. The molecule has 0 spiro atoms. The summed E-state index contributed by atoms with van der Waals surface area (Å²) >= 11 is 0. The van der Waals surface area contributed by atoms with Gasteiger partial charge in [0.2, 0.25) is 11.8 Å². The van der Waals surface area contributed by atoms with E-state index >= 15 is 0 Å². The Balaban J connectivity index is 1.58. The van der Waals surface area contributed by atoms with Crippen LogP contribution in [0.25, 0.3) is 5.52 Å². The number of hydrogen-bond acceptors (Lipinski definition) is 4. The normalized spacial score (nSPS) is 11.4. The molecular weight excluding hydrogens is 454 g/mol. The van der Waals surface area contributed by atoms with Crippen molar-refractivity contribution in [1.82, 2.24) is 14.6 Å². The van der Waals surface area contributed by atoms with E-state index in [2.05, 4.69) is 15.4 Å². The predicted molar refractivity (Wildman–Crippen MR) is 116 cm³/mol. The summed E-state index contributed by atoms with van der Waals surface area (Å²) in [5.74, 6) is -2.40. The standard InChI is InChI=1S/C23H17F4N5O2/c1-14(33)32(18-7-10-31-17(13-18)6-9-29-31)20-12-16(5-8-28-20)30-21(34)11-15-3-2-4-19(24)22(15)23(25,26)27/h2-10,12-13H,11H2,1H3,(H,28,30,34). The fourth-order valence-corrected chi connectivity index (χ4v) is 3.55. The minimum atomic E-state index is -4.94. The van der Waals surface area contributed by atoms with Crippen LogP contribution in [0.3, 0.4) is 0 Å². The fourth-order valence-electron chi connectivity index (χ4n) is 3.55. The Hall–Kier alpha value is -4.28. The van der Waals surface area contributed by atoms with Crippen molar-refractivity contribution in [1.29, 1.82) is 0 Å². The number of hydrogen-bond donors (Lipinski definition) is 1. The molecule has 0 aliphatic rings. The summed E-state index contributed by atoms with van der Waals surface area (Å²) in [4.78, 5) is 30.4. The maximum Gasteiger partial charge on any atom is 0.419 e. The zero-order valence-corrected chi connectivity index (χ0v) is 17.7. The Morgan fingerprint density at radius 1 is 1.09 bits per heavy atom. The number of rotatable bonds is 5. The highest BCUT2D eigenvalue weighted by Gasteiger charge is 2.37. The van der Waals surface area contributed by atoms with Gasteiger partial charge in [-0.3, -0.25) is 14.5 Å². The minimum Gasteiger partial charge on any atom is -0.326 e. The first-order chi connectivity index (χ1) is 16.1. The minimum absolute atomic E-state index is 0.191. The van der Waals surface area contributed by atoms with Crippen LogP contribution in [0.15, 0.2) is 67.1 Å². The maximum atomic E-state index is 13.8. The number of nitrogens with zero attached hydrogens (tertiary/aromatic N) is 4. The monoisotopic (exact) mass is 471 g/mol. The number of carbonyl (C=O) groups is 2. The number of pyridine rings is 2. The molecule has 3 aromatic heterocycles. The number of benzene rings is 1. The largest absolute Gasteiger partial charge is 0.419 e. The van der Waals surface area contributed by atoms with Gasteiger partial charge in [-0.25, -0.2) is 13.9 Å². The molecule has 0 radical (unpaired) electrons. The number of halogens is 4. The number of fused-ring (bicyclic) bond motifs is 1. The second-order valence-electron chi connectivity index (χ2n) is 7.34. The molecule has 11 heteroatoms. The zero-order valence-electron chi connectivity index (χ0n) is 17.7. The number of nitrogens with one attached hydrogen (secondary N) is 1. The summed E-state index contributed by atoms with van der Waals surface area (Å²) in [7, 11) is 0. The summed E-state index contributed by atoms with van der Waals surface area (Å²) in [5, 5.41) is 6.58. The lowest BCUT2D eigenvalue weighted by molar-refractivity contribution is -0.140. The average Bonchev–Trinajstić information content (AvgIpc) is 3.21. The van der Waals surface area contributed by atoms with Crippen molar-refractivity contribution in [3.05, 3.63) is 84.1 Å². The molecular formula is C23H17F4N5O2. The van der Waals surface area contributed by atoms with Crippen LogP contribution in [-0.4, -0.2) is 26.4 Å². The van der Waals surface area contributed by atoms with Gasteiger partial charge in [0.15, 0.2) is 0 Å². The third-order valence-corrected chi connectivity index (χ3v) is 4.95. The lowest BCUT2D eigenvalue weighted by atomic mass is 10.0. The van der Waals surface area contributed by atoms with Crippen LogP contribution < -0.4 is 10.2 Å². The summed E-state index contributed by atoms with van der Waals surface area (Å²) in [6.07, 6.45) is -1.01. The van der Waals surface area contributed by atoms with Crippen molar-refractivity contribution in [2.45, 2.75) is 19.5 Å². The van der Waals surface area contributed by atoms with Crippen molar-refractivity contribution in [3.63, 3.8) is 0 Å². The van der Waals surface area contributed by atoms with Crippen molar-refractivity contribution < 1.29 is 27.2 Å². The molecule has 0 fully saturated rings. The molecule has 7 nitrogen and oxygen atoms in total. The summed E-state index contributed by atoms with van der Waals surface area (Å²) < 4.78 is 55.1. The Morgan fingerprint density at radius 2 is 1.88 bits per heavy atom. The number of amides is 2. The van der Waals surface area contributed by atoms with Crippen LogP contribution in [0, 0.1) is 5.82 Å². The van der Waals surface area contributed by atoms with Gasteiger partial charge < -0.3 is 5.32 Å². The topological polar surface area (TPSA) is 79.6 Å². The maximum absolute atomic E-state index is 13.8. The van der Waals surface area contributed by atoms with Crippen LogP contribution in [0.5, 0.6) is 0 Å². The Kier molecular flexibility index (Phi) is 6.01. The van der Waals surface area contributed by atoms with E-state index in [1.807, 2.05) is 0 Å². The molecule has 0 saturated carbocycles. The Morgan fingerprint density at radius 3 is 2.62 bits per heavy atom. The quantitative estimate of drug-likeness (QED) is 0.426. The summed E-state index contributed by atoms with van der Waals surface area (Å²) in [5.41, 5.74) is -0.510. The molecule has 0 unspecified atom stereocenters. The van der Waals surface area contributed by atoms with Crippen LogP contribution in [0.1, 0.15) is 18.1 Å². The Bertz CT molecular complexity index is 1380. The third-order valence-electron chi connectivity index (χ3n) is 4.95. The molecule has 2 amide bonds. The molecule has 174 valence electrons. The Labute approximate surface area is 190 Å².